The first-order chi connectivity index (χ1) is 66.3. The minimum atomic E-state index is -5.34. The van der Waals surface area contributed by atoms with E-state index >= 15 is 0 Å². The van der Waals surface area contributed by atoms with Gasteiger partial charge in [-0.25, -0.2) is 46.0 Å². The van der Waals surface area contributed by atoms with E-state index in [0.717, 1.165) is 30.8 Å². The van der Waals surface area contributed by atoms with E-state index in [0.29, 0.717) is 63.4 Å². The molecule has 13 N–H and O–H groups in total. The van der Waals surface area contributed by atoms with Crippen LogP contribution in [0.3, 0.4) is 0 Å². The highest BCUT2D eigenvalue weighted by Gasteiger charge is 2.37. The van der Waals surface area contributed by atoms with Gasteiger partial charge in [0, 0.05) is 105 Å². The quantitative estimate of drug-likeness (QED) is 0.00420. The number of hydrogen-bond acceptors (Lipinski definition) is 38. The lowest BCUT2D eigenvalue weighted by molar-refractivity contribution is -0.228. The first-order valence-electron chi connectivity index (χ1n) is 44.1. The zero-order valence-electron chi connectivity index (χ0n) is 76.4. The van der Waals surface area contributed by atoms with Gasteiger partial charge in [-0.15, -0.1) is 23.4 Å². The van der Waals surface area contributed by atoms with Gasteiger partial charge < -0.3 is 73.7 Å². The van der Waals surface area contributed by atoms with Crippen LogP contribution < -0.4 is 21.5 Å². The summed E-state index contributed by atoms with van der Waals surface area (Å²) in [4.78, 5) is 149. The Morgan fingerprint density at radius 3 is 1.11 bits per heavy atom. The number of amides is 2. The summed E-state index contributed by atoms with van der Waals surface area (Å²) >= 11 is 0. The molecule has 4 aromatic carbocycles. The fraction of sp³-hybridized carbons (Fsp3) is 0.512. The van der Waals surface area contributed by atoms with E-state index in [-0.39, 0.29) is 140 Å². The highest BCUT2D eigenvalue weighted by Crippen LogP contribution is 2.56. The second-order valence-corrected chi connectivity index (χ2v) is 46.7. The van der Waals surface area contributed by atoms with Gasteiger partial charge in [-0.2, -0.15) is 0 Å². The van der Waals surface area contributed by atoms with Gasteiger partial charge >= 0.3 is 70.4 Å². The number of fused-ring (bicyclic) bond motifs is 4. The molecule has 8 rings (SSSR count). The van der Waals surface area contributed by atoms with Crippen molar-refractivity contribution in [2.45, 2.75) is 136 Å². The molecule has 2 aliphatic heterocycles. The van der Waals surface area contributed by atoms with Crippen LogP contribution in [-0.2, 0) is 128 Å². The van der Waals surface area contributed by atoms with Crippen molar-refractivity contribution in [2.75, 3.05) is 117 Å². The number of carbonyl (C=O) groups excluding carboxylic acids is 2. The molecule has 782 valence electrons. The predicted molar refractivity (Wildman–Crippen MR) is 510 cm³/mol. The van der Waals surface area contributed by atoms with Crippen LogP contribution in [0.1, 0.15) is 157 Å². The normalized spacial score (nSPS) is 16.4. The van der Waals surface area contributed by atoms with E-state index in [2.05, 4.69) is 54.9 Å². The largest absolute Gasteiger partial charge is 0.508 e. The molecule has 0 aromatic heterocycles. The number of unbranched alkanes of at least 4 members (excludes halogenated alkanes) is 8. The monoisotopic (exact) mass is 2190 g/mol. The van der Waals surface area contributed by atoms with E-state index < -0.39 is 180 Å². The van der Waals surface area contributed by atoms with E-state index in [9.17, 15) is 115 Å². The van der Waals surface area contributed by atoms with Crippen molar-refractivity contribution in [1.29, 1.82) is 0 Å². The van der Waals surface area contributed by atoms with Crippen molar-refractivity contribution in [3.63, 3.8) is 0 Å². The summed E-state index contributed by atoms with van der Waals surface area (Å²) in [7, 11) is -42.0. The van der Waals surface area contributed by atoms with Crippen molar-refractivity contribution in [2.24, 2.45) is 17.8 Å². The maximum absolute atomic E-state index is 13.6. The Morgan fingerprint density at radius 1 is 0.350 bits per heavy atom. The molecule has 0 radical (unpaired) electrons. The van der Waals surface area contributed by atoms with Crippen molar-refractivity contribution in [1.82, 2.24) is 10.6 Å². The Hall–Kier alpha value is -5.55. The maximum atomic E-state index is 13.6. The molecule has 2 heterocycles. The molecule has 58 heteroatoms. The SMILES string of the molecule is CCCCCCSSCCCCCCOP(=O)(O)OOP(=O)(O)OCC(CCCCNC(=O)c1cccc(-c2c3ccc(=O)cc-3oc3cc(O)ccc23)c1)COP(=O)(O)OCCCOP(=O)(O)OOCCOP(=O)(O)OCCCOP(=O)(O)OCC(CCCCNC(=O)c1cccc(-c2c3ccc(=O)cc-3oc3cc(O)ccc23)c1)COP(=O)(O)OCCCOP(=O)(O)OOP(=O)(O)OCCC(C)C. The Morgan fingerprint density at radius 2 is 0.700 bits per heavy atom. The molecule has 4 aromatic rings. The number of benzene rings is 6. The second-order valence-electron chi connectivity index (χ2n) is 31.5. The Bertz CT molecular complexity index is 5780. The summed E-state index contributed by atoms with van der Waals surface area (Å²) < 4.78 is 211. The number of rotatable bonds is 74. The smallest absolute Gasteiger partial charge is 0.499 e. The molecule has 2 aliphatic carbocycles. The van der Waals surface area contributed by atoms with Crippen molar-refractivity contribution in [3.05, 3.63) is 153 Å². The fourth-order valence-electron chi connectivity index (χ4n) is 12.8. The maximum Gasteiger partial charge on any atom is 0.499 e. The number of phenolic OH excluding ortho intramolecular Hbond substituents is 2. The van der Waals surface area contributed by atoms with E-state index in [1.165, 1.54) is 67.8 Å². The first-order valence-corrected chi connectivity index (χ1v) is 60.1. The first kappa shape index (κ1) is 120. The minimum absolute atomic E-state index is 0.00195. The number of phosphoric ester groups is 9. The zero-order chi connectivity index (χ0) is 102. The molecule has 4 aliphatic rings. The molecule has 2 amide bonds. The molecule has 47 nitrogen and oxygen atoms in total. The van der Waals surface area contributed by atoms with Crippen LogP contribution in [0.2, 0.25) is 0 Å². The number of phosphoric acid groups is 9. The average molecular weight is 2190 g/mol. The summed E-state index contributed by atoms with van der Waals surface area (Å²) in [6.07, 6.45) is 7.61. The standard InChI is InChI=1S/C82H117N2O45P9S2/c1-4-5-6-14-48-139-140-49-15-8-7-13-38-114-135(101,102)128-129-138(107,108)122-59-62(22-10-12-37-84-82(90)66-26-17-24-64(51-66)80-73-33-29-69(87)54-77(73)124-78-55-70(88)30-34-74(78)80)58-121-133(97,98)112-41-19-43-115-134(99,100)125-109-46-47-118-130(91,92)110-39-18-40-111-131(93,94)119-56-61(57-120-132(95,96)113-42-20-44-116-136(103,104)126-127-137(105,106)117-45-35-60(2)3)21-9-11-36-83-81(89)65-25-16-23-63(50-65)79-71-31-27-67(85)52-75(71)123-76-53-68(86)28-32-72(76)79/h16-17,23-34,50-55,60-62,85,87H,4-15,18-22,35-49,56-59H2,1-3H3,(H,83,89)(H,84,90)(H,91,92)(H,93,94)(H,95,96)(H,97,98)(H,99,100)(H,101,102)(H,103,104)(H,105,106)(H,107,108). The van der Waals surface area contributed by atoms with Gasteiger partial charge in [0.15, 0.2) is 10.9 Å². The van der Waals surface area contributed by atoms with E-state index in [1.54, 1.807) is 97.4 Å². The molecular weight excluding hydrogens is 2080 g/mol. The predicted octanol–water partition coefficient (Wildman–Crippen LogP) is 18.3. The summed E-state index contributed by atoms with van der Waals surface area (Å²) in [6.45, 7) is -3.22. The van der Waals surface area contributed by atoms with Crippen molar-refractivity contribution < 1.29 is 201 Å². The van der Waals surface area contributed by atoms with Crippen LogP contribution in [0.15, 0.2) is 140 Å². The highest BCUT2D eigenvalue weighted by molar-refractivity contribution is 8.76. The molecular formula is C82H117N2O45P9S2. The number of carbonyl (C=O) groups is 2. The van der Waals surface area contributed by atoms with Gasteiger partial charge in [-0.05, 0) is 160 Å². The molecule has 140 heavy (non-hydrogen) atoms. The van der Waals surface area contributed by atoms with Crippen LogP contribution in [0.25, 0.3) is 66.8 Å². The van der Waals surface area contributed by atoms with E-state index in [4.69, 9.17) is 58.6 Å². The van der Waals surface area contributed by atoms with Crippen LogP contribution in [0, 0.1) is 17.8 Å². The number of hydrogen-bond donors (Lipinski definition) is 13. The molecule has 0 spiro atoms. The number of phenols is 2. The van der Waals surface area contributed by atoms with Gasteiger partial charge in [0.05, 0.1) is 85.9 Å². The van der Waals surface area contributed by atoms with Crippen molar-refractivity contribution >= 4 is 126 Å². The third-order valence-corrected chi connectivity index (χ3v) is 30.3. The van der Waals surface area contributed by atoms with Crippen molar-refractivity contribution in [3.8, 4) is 56.4 Å². The Balaban J connectivity index is 0.742. The van der Waals surface area contributed by atoms with E-state index in [1.807, 2.05) is 10.8 Å². The third kappa shape index (κ3) is 45.8. The lowest BCUT2D eigenvalue weighted by atomic mass is 9.92. The molecule has 0 bridgehead atoms. The molecule has 11 unspecified atom stereocenters. The number of aromatic hydroxyl groups is 2. The average Bonchev–Trinajstić information content (AvgIpc) is 0.757. The summed E-state index contributed by atoms with van der Waals surface area (Å²) in [5.74, 6) is -0.636. The molecule has 0 fully saturated rings. The summed E-state index contributed by atoms with van der Waals surface area (Å²) in [5, 5.41) is 27.2. The third-order valence-electron chi connectivity index (χ3n) is 19.6. The topological polar surface area (TPSA) is 670 Å². The summed E-state index contributed by atoms with van der Waals surface area (Å²) in [5.41, 5.74) is 3.91. The highest BCUT2D eigenvalue weighted by atomic mass is 33.1. The fourth-order valence-corrected chi connectivity index (χ4v) is 21.9. The lowest BCUT2D eigenvalue weighted by Gasteiger charge is -2.21. The Labute approximate surface area is 813 Å². The van der Waals surface area contributed by atoms with Crippen LogP contribution >= 0.6 is 92.0 Å². The number of nitrogens with one attached hydrogen (secondary N) is 2. The van der Waals surface area contributed by atoms with Gasteiger partial charge in [0.2, 0.25) is 0 Å². The lowest BCUT2D eigenvalue weighted by Crippen LogP contribution is -2.24. The van der Waals surface area contributed by atoms with Gasteiger partial charge in [-0.3, -0.25) is 78.0 Å². The van der Waals surface area contributed by atoms with Gasteiger partial charge in [0.1, 0.15) is 40.8 Å². The zero-order valence-corrected chi connectivity index (χ0v) is 86.1. The molecule has 11 atom stereocenters. The second kappa shape index (κ2) is 59.4. The van der Waals surface area contributed by atoms with Crippen LogP contribution in [0.4, 0.5) is 0 Å². The molecule has 0 saturated carbocycles. The molecule has 0 saturated heterocycles. The summed E-state index contributed by atoms with van der Waals surface area (Å²) in [6, 6.07) is 30.7. The van der Waals surface area contributed by atoms with Gasteiger partial charge in [-0.1, -0.05) is 112 Å². The van der Waals surface area contributed by atoms with Crippen LogP contribution in [-0.4, -0.2) is 183 Å². The van der Waals surface area contributed by atoms with Crippen LogP contribution in [0.5, 0.6) is 11.5 Å². The van der Waals surface area contributed by atoms with Gasteiger partial charge in [0.25, 0.3) is 11.8 Å². The Kier molecular flexibility index (Phi) is 50.8. The minimum Gasteiger partial charge on any atom is -0.508 e.